The number of amidine groups is 1. The summed E-state index contributed by atoms with van der Waals surface area (Å²) in [4.78, 5) is 13.9. The van der Waals surface area contributed by atoms with E-state index in [-0.39, 0.29) is 5.84 Å². The molecule has 0 saturated carbocycles. The maximum absolute atomic E-state index is 10.5. The highest BCUT2D eigenvalue weighted by atomic mass is 16.2. The Balaban J connectivity index is 2.95. The number of carbonyl (C=O) groups is 1. The molecule has 1 heterocycles. The smallest absolute Gasteiger partial charge is 0.363 e. The van der Waals surface area contributed by atoms with Crippen molar-refractivity contribution in [1.29, 1.82) is 0 Å². The van der Waals surface area contributed by atoms with Crippen LogP contribution in [0, 0.1) is 0 Å². The summed E-state index contributed by atoms with van der Waals surface area (Å²) in [5, 5.41) is 0. The van der Waals surface area contributed by atoms with Crippen LogP contribution in [0.25, 0.3) is 0 Å². The van der Waals surface area contributed by atoms with Gasteiger partial charge >= 0.3 is 6.03 Å². The summed E-state index contributed by atoms with van der Waals surface area (Å²) >= 11 is 0. The van der Waals surface area contributed by atoms with E-state index in [1.807, 2.05) is 0 Å². The van der Waals surface area contributed by atoms with Crippen LogP contribution < -0.4 is 5.73 Å². The van der Waals surface area contributed by atoms with E-state index >= 15 is 0 Å². The Bertz CT molecular complexity index is 226. The third-order valence-electron chi connectivity index (χ3n) is 0.896. The van der Waals surface area contributed by atoms with Crippen molar-refractivity contribution in [1.82, 2.24) is 0 Å². The average Bonchev–Trinajstić information content (AvgIpc) is 1.80. The lowest BCUT2D eigenvalue weighted by atomic mass is 10.5. The first kappa shape index (κ1) is 5.68. The molecule has 4 nitrogen and oxygen atoms in total. The summed E-state index contributed by atoms with van der Waals surface area (Å²) < 4.78 is 1.11. The molecule has 1 rings (SSSR count). The molecule has 0 bridgehead atoms. The van der Waals surface area contributed by atoms with Crippen LogP contribution in [0.5, 0.6) is 0 Å². The van der Waals surface area contributed by atoms with Crippen LogP contribution in [0.2, 0.25) is 0 Å². The molecule has 0 aliphatic carbocycles. The van der Waals surface area contributed by atoms with Gasteiger partial charge < -0.3 is 5.73 Å². The molecule has 0 aromatic carbocycles. The molecule has 2 amide bonds. The first-order valence-corrected chi connectivity index (χ1v) is 2.36. The van der Waals surface area contributed by atoms with Crippen LogP contribution in [0.4, 0.5) is 4.79 Å². The lowest BCUT2D eigenvalue weighted by Crippen LogP contribution is -2.20. The molecule has 0 aromatic rings. The zero-order chi connectivity index (χ0) is 6.85. The molecule has 0 fully saturated rings. The highest BCUT2D eigenvalue weighted by Crippen LogP contribution is 1.90. The summed E-state index contributed by atoms with van der Waals surface area (Å²) in [6.45, 7) is 3.35. The molecular formula is C5H6N3O+. The van der Waals surface area contributed by atoms with Gasteiger partial charge in [-0.1, -0.05) is 0 Å². The lowest BCUT2D eigenvalue weighted by molar-refractivity contribution is -0.337. The van der Waals surface area contributed by atoms with Gasteiger partial charge in [-0.15, -0.1) is 0 Å². The number of amides is 2. The molecule has 0 radical (unpaired) electrons. The predicted molar refractivity (Wildman–Crippen MR) is 33.5 cm³/mol. The average molecular weight is 124 g/mol. The Labute approximate surface area is 52.0 Å². The Hall–Kier alpha value is -1.45. The van der Waals surface area contributed by atoms with Gasteiger partial charge in [-0.2, -0.15) is 9.37 Å². The van der Waals surface area contributed by atoms with Gasteiger partial charge in [0, 0.05) is 11.1 Å². The highest BCUT2D eigenvalue weighted by molar-refractivity contribution is 5.99. The van der Waals surface area contributed by atoms with Crippen LogP contribution in [-0.4, -0.2) is 23.2 Å². The van der Waals surface area contributed by atoms with E-state index in [1.54, 1.807) is 0 Å². The van der Waals surface area contributed by atoms with Crippen molar-refractivity contribution in [3.63, 3.8) is 0 Å². The van der Waals surface area contributed by atoms with Crippen LogP contribution >= 0.6 is 0 Å². The minimum atomic E-state index is -0.435. The maximum atomic E-state index is 10.5. The molecule has 1 aliphatic rings. The highest BCUT2D eigenvalue weighted by Gasteiger charge is 2.16. The number of aliphatic imine (C=N–C) groups is 1. The molecule has 46 valence electrons. The number of hydrogen-bond acceptors (Lipinski definition) is 2. The number of rotatable bonds is 0. The van der Waals surface area contributed by atoms with Gasteiger partial charge in [-0.25, -0.2) is 0 Å². The lowest BCUT2D eigenvalue weighted by Gasteiger charge is -1.91. The summed E-state index contributed by atoms with van der Waals surface area (Å²) in [6.07, 6.45) is 2.97. The van der Waals surface area contributed by atoms with Crippen molar-refractivity contribution in [3.05, 3.63) is 12.3 Å². The quantitative estimate of drug-likeness (QED) is 0.451. The summed E-state index contributed by atoms with van der Waals surface area (Å²) in [5.41, 5.74) is 5.18. The maximum Gasteiger partial charge on any atom is 0.545 e. The summed E-state index contributed by atoms with van der Waals surface area (Å²) in [6, 6.07) is -0.435. The largest absolute Gasteiger partial charge is 0.545 e. The van der Waals surface area contributed by atoms with Crippen molar-refractivity contribution in [3.8, 4) is 0 Å². The van der Waals surface area contributed by atoms with E-state index in [4.69, 9.17) is 5.73 Å². The molecular weight excluding hydrogens is 118 g/mol. The standard InChI is InChI=1S/C5H5N3O/c1-8-3-2-4(6)7-5(8)9/h2-3H,1H2,(H-,6,7,9)/p+1. The molecule has 0 unspecified atom stereocenters. The fraction of sp³-hybridized carbons (Fsp3) is 0. The SMILES string of the molecule is C=[N+]1C=CC(N)=NC1=O. The topological polar surface area (TPSA) is 58.5 Å². The van der Waals surface area contributed by atoms with E-state index < -0.39 is 6.03 Å². The van der Waals surface area contributed by atoms with Crippen molar-refractivity contribution in [2.45, 2.75) is 0 Å². The Kier molecular flexibility index (Phi) is 1.14. The van der Waals surface area contributed by atoms with Crippen LogP contribution in [0.15, 0.2) is 17.3 Å². The van der Waals surface area contributed by atoms with Gasteiger partial charge in [-0.3, -0.25) is 0 Å². The van der Waals surface area contributed by atoms with Gasteiger partial charge in [0.25, 0.3) is 0 Å². The Morgan fingerprint density at radius 2 is 2.44 bits per heavy atom. The number of nitrogens with zero attached hydrogens (tertiary/aromatic N) is 2. The second-order valence-corrected chi connectivity index (χ2v) is 1.60. The summed E-state index contributed by atoms with van der Waals surface area (Å²) in [7, 11) is 0. The first-order valence-electron chi connectivity index (χ1n) is 2.36. The normalized spacial score (nSPS) is 18.0. The minimum absolute atomic E-state index is 0.222. The number of nitrogens with two attached hydrogens (primary N) is 1. The molecule has 0 aromatic heterocycles. The predicted octanol–water partition coefficient (Wildman–Crippen LogP) is -0.296. The molecule has 9 heavy (non-hydrogen) atoms. The van der Waals surface area contributed by atoms with E-state index in [0.717, 1.165) is 4.58 Å². The second kappa shape index (κ2) is 1.81. The van der Waals surface area contributed by atoms with E-state index in [0.29, 0.717) is 0 Å². The fourth-order valence-electron chi connectivity index (χ4n) is 0.442. The van der Waals surface area contributed by atoms with E-state index in [9.17, 15) is 4.79 Å². The second-order valence-electron chi connectivity index (χ2n) is 1.60. The fourth-order valence-corrected chi connectivity index (χ4v) is 0.442. The van der Waals surface area contributed by atoms with Crippen molar-refractivity contribution in [2.24, 2.45) is 10.7 Å². The molecule has 4 heteroatoms. The first-order chi connectivity index (χ1) is 4.20. The van der Waals surface area contributed by atoms with Gasteiger partial charge in [-0.05, 0) is 0 Å². The van der Waals surface area contributed by atoms with Crippen molar-refractivity contribution in [2.75, 3.05) is 0 Å². The molecule has 2 N–H and O–H groups in total. The minimum Gasteiger partial charge on any atom is -0.363 e. The zero-order valence-electron chi connectivity index (χ0n) is 4.74. The zero-order valence-corrected chi connectivity index (χ0v) is 4.74. The van der Waals surface area contributed by atoms with Crippen LogP contribution in [0.3, 0.4) is 0 Å². The monoisotopic (exact) mass is 124 g/mol. The van der Waals surface area contributed by atoms with E-state index in [2.05, 4.69) is 11.7 Å². The molecule has 0 atom stereocenters. The van der Waals surface area contributed by atoms with Crippen LogP contribution in [0.1, 0.15) is 0 Å². The number of hydrogen-bond donors (Lipinski definition) is 1. The van der Waals surface area contributed by atoms with Crippen molar-refractivity contribution < 1.29 is 9.37 Å². The summed E-state index contributed by atoms with van der Waals surface area (Å²) in [5.74, 6) is 0.222. The third-order valence-corrected chi connectivity index (χ3v) is 0.896. The Morgan fingerprint density at radius 3 is 2.89 bits per heavy atom. The molecule has 1 aliphatic heterocycles. The number of carbonyl (C=O) groups excluding carboxylic acids is 1. The van der Waals surface area contributed by atoms with Crippen LogP contribution in [-0.2, 0) is 0 Å². The molecule has 0 saturated heterocycles. The molecule has 0 spiro atoms. The van der Waals surface area contributed by atoms with Gasteiger partial charge in [0.2, 0.25) is 5.84 Å². The van der Waals surface area contributed by atoms with Crippen molar-refractivity contribution >= 4 is 18.6 Å². The van der Waals surface area contributed by atoms with E-state index in [1.165, 1.54) is 12.3 Å². The Morgan fingerprint density at radius 1 is 1.78 bits per heavy atom. The van der Waals surface area contributed by atoms with Gasteiger partial charge in [0.15, 0.2) is 0 Å². The third kappa shape index (κ3) is 1.02. The number of urea groups is 1. The van der Waals surface area contributed by atoms with Gasteiger partial charge in [0.05, 0.1) is 6.72 Å². The van der Waals surface area contributed by atoms with Gasteiger partial charge in [0.1, 0.15) is 6.20 Å².